The summed E-state index contributed by atoms with van der Waals surface area (Å²) in [6, 6.07) is 10.9. The lowest BCUT2D eigenvalue weighted by atomic mass is 10.2. The number of fused-ring (bicyclic) bond motifs is 1. The van der Waals surface area contributed by atoms with Gasteiger partial charge in [-0.05, 0) is 48.9 Å². The number of sulfonamides is 1. The lowest BCUT2D eigenvalue weighted by molar-refractivity contribution is 0.0458. The molecule has 0 fully saturated rings. The fraction of sp³-hybridized carbons (Fsp3) is 0.263. The number of unbranched alkanes of at least 4 members (excludes halogenated alkanes) is 1. The molecule has 3 rings (SSSR count). The van der Waals surface area contributed by atoms with Crippen LogP contribution in [0.3, 0.4) is 0 Å². The second-order valence-corrected chi connectivity index (χ2v) is 8.31. The highest BCUT2D eigenvalue weighted by molar-refractivity contribution is 7.89. The summed E-state index contributed by atoms with van der Waals surface area (Å²) in [6.07, 6.45) is 1.87. The molecule has 0 radical (unpaired) electrons. The first-order valence-corrected chi connectivity index (χ1v) is 10.7. The number of rotatable bonds is 7. The van der Waals surface area contributed by atoms with E-state index >= 15 is 0 Å². The van der Waals surface area contributed by atoms with Gasteiger partial charge in [0, 0.05) is 11.6 Å². The number of ether oxygens (including phenoxy) is 1. The molecule has 1 heterocycles. The van der Waals surface area contributed by atoms with Crippen LogP contribution in [-0.4, -0.2) is 23.9 Å². The number of carbonyl (C=O) groups excluding carboxylic acids is 1. The van der Waals surface area contributed by atoms with Gasteiger partial charge in [0.1, 0.15) is 12.4 Å². The molecule has 0 spiro atoms. The fourth-order valence-electron chi connectivity index (χ4n) is 2.81. The molecule has 2 N–H and O–H groups in total. The average Bonchev–Trinajstić information content (AvgIpc) is 3.01. The molecule has 0 aliphatic heterocycles. The first kappa shape index (κ1) is 20.3. The van der Waals surface area contributed by atoms with E-state index in [2.05, 4.69) is 11.9 Å². The summed E-state index contributed by atoms with van der Waals surface area (Å²) in [5.74, 6) is 0.0494. The minimum absolute atomic E-state index is 0.00940. The van der Waals surface area contributed by atoms with Crippen LogP contribution >= 0.6 is 11.6 Å². The standard InChI is InChI=1S/C19H20ClN3O4S/c1-2-3-10-23-17-9-8-15(28(21,25)26)11-16(17)22-18(23)12-27-19(24)13-4-6-14(20)7-5-13/h4-9,11H,2-3,10,12H2,1H3,(H2,21,25,26). The highest BCUT2D eigenvalue weighted by Crippen LogP contribution is 2.22. The van der Waals surface area contributed by atoms with Gasteiger partial charge in [0.2, 0.25) is 10.0 Å². The molecule has 2 aromatic carbocycles. The molecule has 1 aromatic heterocycles. The molecule has 0 amide bonds. The number of hydrogen-bond donors (Lipinski definition) is 1. The Kier molecular flexibility index (Phi) is 6.02. The molecule has 0 bridgehead atoms. The molecule has 148 valence electrons. The molecular weight excluding hydrogens is 402 g/mol. The summed E-state index contributed by atoms with van der Waals surface area (Å²) in [5.41, 5.74) is 1.63. The number of halogens is 1. The van der Waals surface area contributed by atoms with E-state index < -0.39 is 16.0 Å². The minimum Gasteiger partial charge on any atom is -0.454 e. The maximum Gasteiger partial charge on any atom is 0.338 e. The average molecular weight is 422 g/mol. The monoisotopic (exact) mass is 421 g/mol. The summed E-state index contributed by atoms with van der Waals surface area (Å²) in [4.78, 5) is 16.7. The van der Waals surface area contributed by atoms with Crippen molar-refractivity contribution in [3.63, 3.8) is 0 Å². The highest BCUT2D eigenvalue weighted by Gasteiger charge is 2.16. The van der Waals surface area contributed by atoms with Crippen molar-refractivity contribution in [2.75, 3.05) is 0 Å². The maximum absolute atomic E-state index is 12.3. The lowest BCUT2D eigenvalue weighted by Crippen LogP contribution is -2.12. The Bertz CT molecular complexity index is 1110. The van der Waals surface area contributed by atoms with Gasteiger partial charge >= 0.3 is 5.97 Å². The zero-order chi connectivity index (χ0) is 20.3. The quantitative estimate of drug-likeness (QED) is 0.588. The van der Waals surface area contributed by atoms with Crippen LogP contribution < -0.4 is 5.14 Å². The Morgan fingerprint density at radius 3 is 2.57 bits per heavy atom. The first-order valence-electron chi connectivity index (χ1n) is 8.74. The van der Waals surface area contributed by atoms with E-state index in [-0.39, 0.29) is 11.5 Å². The van der Waals surface area contributed by atoms with E-state index in [0.717, 1.165) is 18.4 Å². The number of nitrogens with zero attached hydrogens (tertiary/aromatic N) is 2. The van der Waals surface area contributed by atoms with Gasteiger partial charge < -0.3 is 9.30 Å². The second-order valence-electron chi connectivity index (χ2n) is 6.31. The predicted molar refractivity (Wildman–Crippen MR) is 107 cm³/mol. The molecule has 0 saturated heterocycles. The summed E-state index contributed by atoms with van der Waals surface area (Å²) in [6.45, 7) is 2.71. The molecule has 9 heteroatoms. The maximum atomic E-state index is 12.3. The van der Waals surface area contributed by atoms with E-state index in [1.165, 1.54) is 12.1 Å². The van der Waals surface area contributed by atoms with E-state index in [1.54, 1.807) is 30.3 Å². The van der Waals surface area contributed by atoms with Crippen molar-refractivity contribution < 1.29 is 17.9 Å². The Morgan fingerprint density at radius 2 is 1.93 bits per heavy atom. The van der Waals surface area contributed by atoms with Gasteiger partial charge in [0.15, 0.2) is 0 Å². The Labute approximate surface area is 168 Å². The summed E-state index contributed by atoms with van der Waals surface area (Å²) in [5, 5.41) is 5.74. The van der Waals surface area contributed by atoms with Gasteiger partial charge in [0.25, 0.3) is 0 Å². The Balaban J connectivity index is 1.89. The van der Waals surface area contributed by atoms with Gasteiger partial charge in [0.05, 0.1) is 21.5 Å². The van der Waals surface area contributed by atoms with Crippen molar-refractivity contribution in [3.8, 4) is 0 Å². The van der Waals surface area contributed by atoms with Gasteiger partial charge in [-0.15, -0.1) is 0 Å². The van der Waals surface area contributed by atoms with Crippen LogP contribution in [0.5, 0.6) is 0 Å². The molecule has 0 unspecified atom stereocenters. The van der Waals surface area contributed by atoms with Crippen LogP contribution in [0.1, 0.15) is 35.9 Å². The number of carbonyl (C=O) groups is 1. The predicted octanol–water partition coefficient (Wildman–Crippen LogP) is 3.49. The van der Waals surface area contributed by atoms with E-state index in [9.17, 15) is 13.2 Å². The van der Waals surface area contributed by atoms with Crippen molar-refractivity contribution in [1.29, 1.82) is 0 Å². The van der Waals surface area contributed by atoms with Gasteiger partial charge in [-0.1, -0.05) is 24.9 Å². The third-order valence-electron chi connectivity index (χ3n) is 4.27. The van der Waals surface area contributed by atoms with Crippen LogP contribution in [0.15, 0.2) is 47.4 Å². The van der Waals surface area contributed by atoms with Gasteiger partial charge in [-0.2, -0.15) is 0 Å². The van der Waals surface area contributed by atoms with Crippen molar-refractivity contribution in [2.45, 2.75) is 37.8 Å². The highest BCUT2D eigenvalue weighted by atomic mass is 35.5. The van der Waals surface area contributed by atoms with Crippen LogP contribution in [0.4, 0.5) is 0 Å². The molecule has 0 saturated carbocycles. The third kappa shape index (κ3) is 4.52. The molecule has 3 aromatic rings. The van der Waals surface area contributed by atoms with Crippen LogP contribution in [0, 0.1) is 0 Å². The van der Waals surface area contributed by atoms with Gasteiger partial charge in [-0.25, -0.2) is 23.3 Å². The van der Waals surface area contributed by atoms with Crippen molar-refractivity contribution in [3.05, 3.63) is 58.9 Å². The van der Waals surface area contributed by atoms with Crippen molar-refractivity contribution in [1.82, 2.24) is 9.55 Å². The summed E-state index contributed by atoms with van der Waals surface area (Å²) in [7, 11) is -3.83. The Morgan fingerprint density at radius 1 is 1.21 bits per heavy atom. The molecule has 28 heavy (non-hydrogen) atoms. The van der Waals surface area contributed by atoms with Crippen LogP contribution in [-0.2, 0) is 27.9 Å². The minimum atomic E-state index is -3.83. The second kappa shape index (κ2) is 8.30. The van der Waals surface area contributed by atoms with E-state index in [4.69, 9.17) is 21.5 Å². The molecule has 7 nitrogen and oxygen atoms in total. The number of nitrogens with two attached hydrogens (primary N) is 1. The summed E-state index contributed by atoms with van der Waals surface area (Å²) >= 11 is 5.83. The smallest absolute Gasteiger partial charge is 0.338 e. The van der Waals surface area contributed by atoms with E-state index in [0.29, 0.717) is 28.5 Å². The van der Waals surface area contributed by atoms with Crippen molar-refractivity contribution in [2.24, 2.45) is 5.14 Å². The third-order valence-corrected chi connectivity index (χ3v) is 5.44. The summed E-state index contributed by atoms with van der Waals surface area (Å²) < 4.78 is 30.5. The first-order chi connectivity index (χ1) is 13.3. The Hall–Kier alpha value is -2.42. The van der Waals surface area contributed by atoms with Crippen molar-refractivity contribution >= 4 is 38.6 Å². The number of aryl methyl sites for hydroxylation is 1. The number of esters is 1. The van der Waals surface area contributed by atoms with Crippen LogP contribution in [0.25, 0.3) is 11.0 Å². The zero-order valence-corrected chi connectivity index (χ0v) is 16.8. The number of hydrogen-bond acceptors (Lipinski definition) is 5. The molecule has 0 aliphatic carbocycles. The number of aromatic nitrogens is 2. The van der Waals surface area contributed by atoms with Crippen LogP contribution in [0.2, 0.25) is 5.02 Å². The fourth-order valence-corrected chi connectivity index (χ4v) is 3.47. The zero-order valence-electron chi connectivity index (χ0n) is 15.3. The molecular formula is C19H20ClN3O4S. The van der Waals surface area contributed by atoms with Gasteiger partial charge in [-0.3, -0.25) is 0 Å². The normalized spacial score (nSPS) is 11.7. The SMILES string of the molecule is CCCCn1c(COC(=O)c2ccc(Cl)cc2)nc2cc(S(N)(=O)=O)ccc21. The largest absolute Gasteiger partial charge is 0.454 e. The molecule has 0 aliphatic rings. The topological polar surface area (TPSA) is 104 Å². The number of benzene rings is 2. The number of primary sulfonamides is 1. The lowest BCUT2D eigenvalue weighted by Gasteiger charge is -2.09. The van der Waals surface area contributed by atoms with E-state index in [1.807, 2.05) is 4.57 Å². The molecule has 0 atom stereocenters. The number of imidazole rings is 1.